The summed E-state index contributed by atoms with van der Waals surface area (Å²) in [6.45, 7) is 0.225. The molecule has 8 heteroatoms. The van der Waals surface area contributed by atoms with Gasteiger partial charge in [-0.25, -0.2) is 8.42 Å². The molecule has 1 heterocycles. The third-order valence-corrected chi connectivity index (χ3v) is 6.98. The van der Waals surface area contributed by atoms with Gasteiger partial charge in [0.2, 0.25) is 5.91 Å². The summed E-state index contributed by atoms with van der Waals surface area (Å²) in [7, 11) is -0.537. The van der Waals surface area contributed by atoms with Gasteiger partial charge in [0, 0.05) is 24.4 Å². The van der Waals surface area contributed by atoms with Crippen molar-refractivity contribution in [3.8, 4) is 11.5 Å². The zero-order valence-electron chi connectivity index (χ0n) is 16.7. The highest BCUT2D eigenvalue weighted by molar-refractivity contribution is 7.93. The number of hydrogen-bond donors (Lipinski definition) is 1. The molecule has 3 aromatic carbocycles. The summed E-state index contributed by atoms with van der Waals surface area (Å²) < 4.78 is 37.8. The number of nitrogens with zero attached hydrogens (tertiary/aromatic N) is 1. The molecular weight excluding hydrogens is 404 g/mol. The molecule has 1 aliphatic rings. The Hall–Kier alpha value is -3.26. The van der Waals surface area contributed by atoms with Gasteiger partial charge in [-0.05, 0) is 36.1 Å². The Bertz CT molecular complexity index is 1220. The average molecular weight is 426 g/mol. The molecule has 0 fully saturated rings. The standard InChI is InChI=1S/C22H22N2O5S/c1-28-16-11-12-17(19(14-16)29-2)23-21(25)10-5-13-24-18-8-3-6-15-7-4-9-20(22(15)18)30(24,26)27/h3-4,6-9,11-12,14H,5,10,13H2,1-2H3,(H,23,25). The number of nitrogens with one attached hydrogen (secondary N) is 1. The molecule has 0 atom stereocenters. The molecule has 0 aliphatic carbocycles. The average Bonchev–Trinajstić information content (AvgIpc) is 2.97. The highest BCUT2D eigenvalue weighted by atomic mass is 32.2. The number of ether oxygens (including phenoxy) is 2. The van der Waals surface area contributed by atoms with Crippen LogP contribution in [0.5, 0.6) is 11.5 Å². The smallest absolute Gasteiger partial charge is 0.265 e. The minimum atomic E-state index is -3.61. The number of rotatable bonds is 7. The molecule has 7 nitrogen and oxygen atoms in total. The second kappa shape index (κ2) is 7.87. The van der Waals surface area contributed by atoms with Crippen LogP contribution in [0, 0.1) is 0 Å². The van der Waals surface area contributed by atoms with E-state index >= 15 is 0 Å². The van der Waals surface area contributed by atoms with Crippen LogP contribution in [0.4, 0.5) is 11.4 Å². The highest BCUT2D eigenvalue weighted by Crippen LogP contribution is 2.42. The van der Waals surface area contributed by atoms with Crippen LogP contribution in [-0.2, 0) is 14.8 Å². The van der Waals surface area contributed by atoms with Crippen molar-refractivity contribution in [1.29, 1.82) is 0 Å². The van der Waals surface area contributed by atoms with E-state index in [4.69, 9.17) is 9.47 Å². The number of hydrogen-bond acceptors (Lipinski definition) is 5. The third-order valence-electron chi connectivity index (χ3n) is 5.13. The van der Waals surface area contributed by atoms with Crippen LogP contribution in [0.25, 0.3) is 10.8 Å². The SMILES string of the molecule is COc1ccc(NC(=O)CCCN2c3cccc4cccc(c34)S2(=O)=O)c(OC)c1. The van der Waals surface area contributed by atoms with Crippen molar-refractivity contribution in [3.05, 3.63) is 54.6 Å². The number of benzene rings is 3. The molecule has 1 N–H and O–H groups in total. The van der Waals surface area contributed by atoms with E-state index in [0.29, 0.717) is 34.2 Å². The minimum Gasteiger partial charge on any atom is -0.497 e. The van der Waals surface area contributed by atoms with Crippen LogP contribution in [0.2, 0.25) is 0 Å². The fourth-order valence-electron chi connectivity index (χ4n) is 3.70. The maximum absolute atomic E-state index is 13.0. The van der Waals surface area contributed by atoms with E-state index < -0.39 is 10.0 Å². The summed E-state index contributed by atoms with van der Waals surface area (Å²) in [5.41, 5.74) is 1.20. The van der Waals surface area contributed by atoms with Gasteiger partial charge in [0.1, 0.15) is 11.5 Å². The van der Waals surface area contributed by atoms with Crippen LogP contribution in [0.1, 0.15) is 12.8 Å². The molecule has 156 valence electrons. The predicted octanol–water partition coefficient (Wildman–Crippen LogP) is 3.78. The van der Waals surface area contributed by atoms with Gasteiger partial charge in [0.15, 0.2) is 0 Å². The topological polar surface area (TPSA) is 84.9 Å². The van der Waals surface area contributed by atoms with Gasteiger partial charge in [0.05, 0.1) is 30.5 Å². The van der Waals surface area contributed by atoms with Crippen LogP contribution in [-0.4, -0.2) is 35.1 Å². The Kier molecular flexibility index (Phi) is 5.26. The summed E-state index contributed by atoms with van der Waals surface area (Å²) >= 11 is 0. The molecule has 4 rings (SSSR count). The van der Waals surface area contributed by atoms with E-state index in [1.165, 1.54) is 11.4 Å². The second-order valence-corrected chi connectivity index (χ2v) is 8.76. The predicted molar refractivity (Wildman–Crippen MR) is 116 cm³/mol. The Balaban J connectivity index is 1.44. The molecule has 0 unspecified atom stereocenters. The number of amides is 1. The normalized spacial score (nSPS) is 14.0. The molecule has 1 amide bonds. The van der Waals surface area contributed by atoms with Crippen molar-refractivity contribution in [2.45, 2.75) is 17.7 Å². The lowest BCUT2D eigenvalue weighted by molar-refractivity contribution is -0.116. The Morgan fingerprint density at radius 3 is 2.53 bits per heavy atom. The lowest BCUT2D eigenvalue weighted by atomic mass is 10.1. The second-order valence-electron chi connectivity index (χ2n) is 6.93. The quantitative estimate of drug-likeness (QED) is 0.621. The number of methoxy groups -OCH3 is 2. The lowest BCUT2D eigenvalue weighted by Crippen LogP contribution is -2.29. The van der Waals surface area contributed by atoms with E-state index in [1.54, 1.807) is 43.5 Å². The largest absolute Gasteiger partial charge is 0.497 e. The van der Waals surface area contributed by atoms with Crippen molar-refractivity contribution in [3.63, 3.8) is 0 Å². The number of sulfonamides is 1. The van der Waals surface area contributed by atoms with Crippen molar-refractivity contribution >= 4 is 38.1 Å². The number of carbonyl (C=O) groups excluding carboxylic acids is 1. The first kappa shape index (κ1) is 20.0. The first-order valence-corrected chi connectivity index (χ1v) is 11.0. The molecule has 0 aromatic heterocycles. The van der Waals surface area contributed by atoms with E-state index in [2.05, 4.69) is 5.32 Å². The number of anilines is 2. The maximum atomic E-state index is 13.0. The van der Waals surface area contributed by atoms with Crippen molar-refractivity contribution in [2.75, 3.05) is 30.4 Å². The van der Waals surface area contributed by atoms with Crippen LogP contribution in [0.15, 0.2) is 59.5 Å². The van der Waals surface area contributed by atoms with Gasteiger partial charge in [-0.15, -0.1) is 0 Å². The summed E-state index contributed by atoms with van der Waals surface area (Å²) in [5.74, 6) is 0.899. The van der Waals surface area contributed by atoms with E-state index in [1.807, 2.05) is 18.2 Å². The fourth-order valence-corrected chi connectivity index (χ4v) is 5.45. The first-order chi connectivity index (χ1) is 14.5. The van der Waals surface area contributed by atoms with Gasteiger partial charge in [0.25, 0.3) is 10.0 Å². The summed E-state index contributed by atoms with van der Waals surface area (Å²) in [6, 6.07) is 15.9. The first-order valence-electron chi connectivity index (χ1n) is 9.52. The van der Waals surface area contributed by atoms with E-state index in [0.717, 1.165) is 10.8 Å². The molecule has 0 saturated heterocycles. The minimum absolute atomic E-state index is 0.174. The zero-order chi connectivity index (χ0) is 21.3. The molecule has 0 saturated carbocycles. The molecular formula is C22H22N2O5S. The van der Waals surface area contributed by atoms with E-state index in [-0.39, 0.29) is 18.9 Å². The molecule has 3 aromatic rings. The molecule has 1 aliphatic heterocycles. The molecule has 0 spiro atoms. The monoisotopic (exact) mass is 426 g/mol. The fraction of sp³-hybridized carbons (Fsp3) is 0.227. The van der Waals surface area contributed by atoms with Crippen LogP contribution in [0.3, 0.4) is 0 Å². The number of carbonyl (C=O) groups is 1. The Morgan fingerprint density at radius 1 is 1.03 bits per heavy atom. The zero-order valence-corrected chi connectivity index (χ0v) is 17.5. The summed E-state index contributed by atoms with van der Waals surface area (Å²) in [4.78, 5) is 12.7. The lowest BCUT2D eigenvalue weighted by Gasteiger charge is -2.18. The van der Waals surface area contributed by atoms with Gasteiger partial charge in [-0.1, -0.05) is 24.3 Å². The van der Waals surface area contributed by atoms with Gasteiger partial charge in [-0.3, -0.25) is 9.10 Å². The van der Waals surface area contributed by atoms with Crippen molar-refractivity contribution in [1.82, 2.24) is 0 Å². The molecule has 0 bridgehead atoms. The highest BCUT2D eigenvalue weighted by Gasteiger charge is 2.35. The van der Waals surface area contributed by atoms with Gasteiger partial charge in [-0.2, -0.15) is 0 Å². The Labute approximate surface area is 175 Å². The van der Waals surface area contributed by atoms with Crippen molar-refractivity contribution in [2.24, 2.45) is 0 Å². The summed E-state index contributed by atoms with van der Waals surface area (Å²) in [5, 5.41) is 4.44. The molecule has 0 radical (unpaired) electrons. The molecule has 30 heavy (non-hydrogen) atoms. The van der Waals surface area contributed by atoms with Crippen LogP contribution < -0.4 is 19.1 Å². The van der Waals surface area contributed by atoms with Gasteiger partial charge >= 0.3 is 0 Å². The maximum Gasteiger partial charge on any atom is 0.265 e. The third kappa shape index (κ3) is 3.43. The van der Waals surface area contributed by atoms with E-state index in [9.17, 15) is 13.2 Å². The van der Waals surface area contributed by atoms with Crippen molar-refractivity contribution < 1.29 is 22.7 Å². The summed E-state index contributed by atoms with van der Waals surface area (Å²) in [6.07, 6.45) is 0.557. The Morgan fingerprint density at radius 2 is 1.80 bits per heavy atom. The van der Waals surface area contributed by atoms with Gasteiger partial charge < -0.3 is 14.8 Å². The van der Waals surface area contributed by atoms with Crippen LogP contribution >= 0.6 is 0 Å².